The molecule has 0 spiro atoms. The van der Waals surface area contributed by atoms with Crippen LogP contribution >= 0.6 is 0 Å². The van der Waals surface area contributed by atoms with Crippen molar-refractivity contribution in [2.75, 3.05) is 17.7 Å². The molecule has 0 aliphatic carbocycles. The molecule has 0 heterocycles. The number of ether oxygens (including phenoxy) is 1. The third-order valence-corrected chi connectivity index (χ3v) is 2.99. The van der Waals surface area contributed by atoms with E-state index in [1.54, 1.807) is 0 Å². The van der Waals surface area contributed by atoms with Gasteiger partial charge in [-0.3, -0.25) is 0 Å². The number of benzene rings is 2. The van der Waals surface area contributed by atoms with Gasteiger partial charge in [-0.05, 0) is 50.1 Å². The van der Waals surface area contributed by atoms with Gasteiger partial charge in [0.05, 0.1) is 12.3 Å². The minimum atomic E-state index is 0.608. The zero-order valence-corrected chi connectivity index (χ0v) is 11.7. The van der Waals surface area contributed by atoms with E-state index in [1.165, 1.54) is 11.1 Å². The molecule has 0 saturated carbocycles. The molecule has 0 bridgehead atoms. The molecular weight excluding hydrogens is 236 g/mol. The SMILES string of the molecule is CCOc1cc(Nc2cc(C)ccc2C)ccc1N. The van der Waals surface area contributed by atoms with Gasteiger partial charge in [-0.15, -0.1) is 0 Å². The molecule has 2 aromatic rings. The van der Waals surface area contributed by atoms with Crippen molar-refractivity contribution >= 4 is 17.1 Å². The zero-order chi connectivity index (χ0) is 13.8. The zero-order valence-electron chi connectivity index (χ0n) is 11.7. The Bertz CT molecular complexity index is 579. The summed E-state index contributed by atoms with van der Waals surface area (Å²) in [5.74, 6) is 0.720. The van der Waals surface area contributed by atoms with Crippen LogP contribution in [0, 0.1) is 13.8 Å². The first kappa shape index (κ1) is 13.3. The Morgan fingerprint density at radius 1 is 1.11 bits per heavy atom. The lowest BCUT2D eigenvalue weighted by Gasteiger charge is -2.13. The summed E-state index contributed by atoms with van der Waals surface area (Å²) in [7, 11) is 0. The standard InChI is InChI=1S/C16H20N2O/c1-4-19-16-10-13(7-8-14(16)17)18-15-9-11(2)5-6-12(15)3/h5-10,18H,4,17H2,1-3H3. The summed E-state index contributed by atoms with van der Waals surface area (Å²) in [4.78, 5) is 0. The molecule has 0 saturated heterocycles. The van der Waals surface area contributed by atoms with Crippen LogP contribution in [0.2, 0.25) is 0 Å². The van der Waals surface area contributed by atoms with Crippen LogP contribution in [0.1, 0.15) is 18.1 Å². The van der Waals surface area contributed by atoms with Crippen molar-refractivity contribution in [3.05, 3.63) is 47.5 Å². The number of nitrogens with one attached hydrogen (secondary N) is 1. The Morgan fingerprint density at radius 3 is 2.63 bits per heavy atom. The van der Waals surface area contributed by atoms with Crippen LogP contribution in [0.3, 0.4) is 0 Å². The highest BCUT2D eigenvalue weighted by Gasteiger charge is 2.04. The third kappa shape index (κ3) is 3.19. The number of hydrogen-bond donors (Lipinski definition) is 2. The molecule has 0 radical (unpaired) electrons. The summed E-state index contributed by atoms with van der Waals surface area (Å²) in [5, 5.41) is 3.40. The fourth-order valence-corrected chi connectivity index (χ4v) is 1.92. The number of rotatable bonds is 4. The predicted molar refractivity (Wildman–Crippen MR) is 81.2 cm³/mol. The summed E-state index contributed by atoms with van der Waals surface area (Å²) in [6.45, 7) is 6.73. The smallest absolute Gasteiger partial charge is 0.144 e. The summed E-state index contributed by atoms with van der Waals surface area (Å²) < 4.78 is 5.50. The van der Waals surface area contributed by atoms with E-state index >= 15 is 0 Å². The van der Waals surface area contributed by atoms with E-state index < -0.39 is 0 Å². The Kier molecular flexibility index (Phi) is 3.95. The topological polar surface area (TPSA) is 47.3 Å². The van der Waals surface area contributed by atoms with Crippen molar-refractivity contribution in [1.29, 1.82) is 0 Å². The Balaban J connectivity index is 2.28. The van der Waals surface area contributed by atoms with E-state index in [1.807, 2.05) is 25.1 Å². The first-order valence-corrected chi connectivity index (χ1v) is 6.46. The van der Waals surface area contributed by atoms with Gasteiger partial charge < -0.3 is 15.8 Å². The highest BCUT2D eigenvalue weighted by atomic mass is 16.5. The van der Waals surface area contributed by atoms with Crippen LogP contribution in [-0.2, 0) is 0 Å². The number of hydrogen-bond acceptors (Lipinski definition) is 3. The van der Waals surface area contributed by atoms with Crippen molar-refractivity contribution in [2.45, 2.75) is 20.8 Å². The molecule has 2 aromatic carbocycles. The van der Waals surface area contributed by atoms with Gasteiger partial charge in [-0.25, -0.2) is 0 Å². The normalized spacial score (nSPS) is 10.3. The first-order valence-electron chi connectivity index (χ1n) is 6.46. The molecule has 3 N–H and O–H groups in total. The molecule has 2 rings (SSSR count). The maximum atomic E-state index is 5.87. The second kappa shape index (κ2) is 5.65. The summed E-state index contributed by atoms with van der Waals surface area (Å²) in [6.07, 6.45) is 0. The van der Waals surface area contributed by atoms with E-state index in [0.29, 0.717) is 12.3 Å². The number of nitrogens with two attached hydrogens (primary N) is 1. The van der Waals surface area contributed by atoms with Gasteiger partial charge in [0.15, 0.2) is 0 Å². The maximum Gasteiger partial charge on any atom is 0.144 e. The molecule has 100 valence electrons. The van der Waals surface area contributed by atoms with E-state index in [-0.39, 0.29) is 0 Å². The summed E-state index contributed by atoms with van der Waals surface area (Å²) in [6, 6.07) is 12.1. The lowest BCUT2D eigenvalue weighted by molar-refractivity contribution is 0.342. The Morgan fingerprint density at radius 2 is 1.89 bits per heavy atom. The molecule has 0 unspecified atom stereocenters. The quantitative estimate of drug-likeness (QED) is 0.812. The molecule has 0 atom stereocenters. The van der Waals surface area contributed by atoms with Crippen LogP contribution in [0.15, 0.2) is 36.4 Å². The van der Waals surface area contributed by atoms with E-state index in [9.17, 15) is 0 Å². The van der Waals surface area contributed by atoms with Gasteiger partial charge in [0.1, 0.15) is 5.75 Å². The van der Waals surface area contributed by atoms with Crippen molar-refractivity contribution in [1.82, 2.24) is 0 Å². The third-order valence-electron chi connectivity index (χ3n) is 2.99. The van der Waals surface area contributed by atoms with Gasteiger partial charge in [0.2, 0.25) is 0 Å². The molecule has 0 amide bonds. The van der Waals surface area contributed by atoms with Gasteiger partial charge in [-0.2, -0.15) is 0 Å². The van der Waals surface area contributed by atoms with Gasteiger partial charge in [0, 0.05) is 17.4 Å². The van der Waals surface area contributed by atoms with E-state index in [0.717, 1.165) is 17.1 Å². The van der Waals surface area contributed by atoms with Crippen LogP contribution < -0.4 is 15.8 Å². The van der Waals surface area contributed by atoms with E-state index in [2.05, 4.69) is 37.4 Å². The van der Waals surface area contributed by atoms with Gasteiger partial charge in [0.25, 0.3) is 0 Å². The number of nitrogen functional groups attached to an aromatic ring is 1. The maximum absolute atomic E-state index is 5.87. The number of aryl methyl sites for hydroxylation is 2. The van der Waals surface area contributed by atoms with Gasteiger partial charge >= 0.3 is 0 Å². The largest absolute Gasteiger partial charge is 0.492 e. The van der Waals surface area contributed by atoms with Crippen molar-refractivity contribution in [2.24, 2.45) is 0 Å². The predicted octanol–water partition coefficient (Wildman–Crippen LogP) is 4.03. The average Bonchev–Trinajstić information content (AvgIpc) is 2.38. The fraction of sp³-hybridized carbons (Fsp3) is 0.250. The first-order chi connectivity index (χ1) is 9.10. The molecule has 0 aliphatic rings. The van der Waals surface area contributed by atoms with Gasteiger partial charge in [-0.1, -0.05) is 12.1 Å². The Hall–Kier alpha value is -2.16. The minimum absolute atomic E-state index is 0.608. The van der Waals surface area contributed by atoms with Crippen molar-refractivity contribution in [3.8, 4) is 5.75 Å². The second-order valence-electron chi connectivity index (χ2n) is 4.63. The fourth-order valence-electron chi connectivity index (χ4n) is 1.92. The highest BCUT2D eigenvalue weighted by molar-refractivity contribution is 5.68. The molecule has 19 heavy (non-hydrogen) atoms. The molecule has 3 heteroatoms. The number of anilines is 3. The van der Waals surface area contributed by atoms with Crippen LogP contribution in [0.5, 0.6) is 5.75 Å². The molecule has 0 aliphatic heterocycles. The summed E-state index contributed by atoms with van der Waals surface area (Å²) in [5.41, 5.74) is 11.1. The monoisotopic (exact) mass is 256 g/mol. The van der Waals surface area contributed by atoms with Crippen LogP contribution in [0.4, 0.5) is 17.1 Å². The van der Waals surface area contributed by atoms with Crippen LogP contribution in [-0.4, -0.2) is 6.61 Å². The summed E-state index contributed by atoms with van der Waals surface area (Å²) >= 11 is 0. The van der Waals surface area contributed by atoms with Crippen molar-refractivity contribution in [3.63, 3.8) is 0 Å². The van der Waals surface area contributed by atoms with E-state index in [4.69, 9.17) is 10.5 Å². The molecular formula is C16H20N2O. The molecule has 0 aromatic heterocycles. The van der Waals surface area contributed by atoms with Crippen LogP contribution in [0.25, 0.3) is 0 Å². The molecule has 0 fully saturated rings. The average molecular weight is 256 g/mol. The highest BCUT2D eigenvalue weighted by Crippen LogP contribution is 2.28. The Labute approximate surface area is 114 Å². The second-order valence-corrected chi connectivity index (χ2v) is 4.63. The lowest BCUT2D eigenvalue weighted by Crippen LogP contribution is -1.99. The minimum Gasteiger partial charge on any atom is -0.492 e. The molecule has 3 nitrogen and oxygen atoms in total. The van der Waals surface area contributed by atoms with Crippen molar-refractivity contribution < 1.29 is 4.74 Å². The lowest BCUT2D eigenvalue weighted by atomic mass is 10.1.